The number of thiophene rings is 1. The largest absolute Gasteiger partial charge is 0.327 e. The van der Waals surface area contributed by atoms with Crippen LogP contribution >= 0.6 is 39.7 Å². The van der Waals surface area contributed by atoms with Crippen LogP contribution in [-0.4, -0.2) is 31.9 Å². The van der Waals surface area contributed by atoms with Crippen LogP contribution in [0.5, 0.6) is 0 Å². The first-order valence-corrected chi connectivity index (χ1v) is 9.60. The minimum atomic E-state index is -3.36. The number of fused-ring (bicyclic) bond motifs is 1. The zero-order chi connectivity index (χ0) is 13.6. The summed E-state index contributed by atoms with van der Waals surface area (Å²) >= 11 is 4.59. The standard InChI is InChI=1S/C12H17BrN2O2S2.ClH/c13-10-4-5-18-12(10)19(16,17)15-6-8-2-1-3-11(14)9(8)7-15;/h4-5,8-9,11H,1-3,6-7,14H2;1H. The molecule has 0 bridgehead atoms. The molecule has 0 amide bonds. The van der Waals surface area contributed by atoms with E-state index in [1.54, 1.807) is 15.8 Å². The van der Waals surface area contributed by atoms with Crippen molar-refractivity contribution in [3.63, 3.8) is 0 Å². The van der Waals surface area contributed by atoms with Gasteiger partial charge < -0.3 is 5.73 Å². The third-order valence-electron chi connectivity index (χ3n) is 4.28. The Morgan fingerprint density at radius 2 is 2.10 bits per heavy atom. The van der Waals surface area contributed by atoms with Crippen molar-refractivity contribution in [2.75, 3.05) is 13.1 Å². The molecular formula is C12H18BrClN2O2S2. The number of rotatable bonds is 2. The van der Waals surface area contributed by atoms with E-state index < -0.39 is 10.0 Å². The van der Waals surface area contributed by atoms with E-state index in [0.29, 0.717) is 33.6 Å². The van der Waals surface area contributed by atoms with Crippen molar-refractivity contribution in [3.05, 3.63) is 15.9 Å². The SMILES string of the molecule is Cl.NC1CCCC2CN(S(=O)(=O)c3sccc3Br)CC12. The van der Waals surface area contributed by atoms with Crippen LogP contribution in [-0.2, 0) is 10.0 Å². The summed E-state index contributed by atoms with van der Waals surface area (Å²) < 4.78 is 28.0. The maximum absolute atomic E-state index is 12.6. The van der Waals surface area contributed by atoms with Crippen molar-refractivity contribution in [2.45, 2.75) is 29.5 Å². The number of hydrogen-bond donors (Lipinski definition) is 1. The minimum Gasteiger partial charge on any atom is -0.327 e. The van der Waals surface area contributed by atoms with Crippen LogP contribution in [0.1, 0.15) is 19.3 Å². The number of nitrogens with zero attached hydrogens (tertiary/aromatic N) is 1. The number of sulfonamides is 1. The predicted octanol–water partition coefficient (Wildman–Crippen LogP) is 2.68. The fraction of sp³-hybridized carbons (Fsp3) is 0.667. The van der Waals surface area contributed by atoms with Crippen molar-refractivity contribution in [2.24, 2.45) is 17.6 Å². The monoisotopic (exact) mass is 400 g/mol. The Kier molecular flexibility index (Phi) is 5.20. The molecule has 2 fully saturated rings. The molecule has 1 saturated heterocycles. The smallest absolute Gasteiger partial charge is 0.253 e. The van der Waals surface area contributed by atoms with Crippen molar-refractivity contribution < 1.29 is 8.42 Å². The first-order chi connectivity index (χ1) is 9.00. The van der Waals surface area contributed by atoms with Gasteiger partial charge in [-0.1, -0.05) is 6.42 Å². The van der Waals surface area contributed by atoms with Gasteiger partial charge in [-0.15, -0.1) is 23.7 Å². The fourth-order valence-electron chi connectivity index (χ4n) is 3.25. The summed E-state index contributed by atoms with van der Waals surface area (Å²) in [5.41, 5.74) is 6.15. The molecule has 0 spiro atoms. The Morgan fingerprint density at radius 3 is 2.70 bits per heavy atom. The summed E-state index contributed by atoms with van der Waals surface area (Å²) in [6.07, 6.45) is 3.26. The molecule has 114 valence electrons. The van der Waals surface area contributed by atoms with E-state index in [4.69, 9.17) is 5.73 Å². The molecule has 1 aromatic rings. The Hall–Kier alpha value is 0.340. The predicted molar refractivity (Wildman–Crippen MR) is 86.8 cm³/mol. The van der Waals surface area contributed by atoms with Gasteiger partial charge in [-0.25, -0.2) is 8.42 Å². The normalized spacial score (nSPS) is 30.8. The summed E-state index contributed by atoms with van der Waals surface area (Å²) in [6, 6.07) is 1.94. The third-order valence-corrected chi connectivity index (χ3v) is 8.76. The maximum Gasteiger partial charge on any atom is 0.253 e. The van der Waals surface area contributed by atoms with Crippen LogP contribution in [0.4, 0.5) is 0 Å². The Bertz CT molecular complexity index is 578. The second-order valence-electron chi connectivity index (χ2n) is 5.40. The fourth-order valence-corrected chi connectivity index (χ4v) is 7.24. The summed E-state index contributed by atoms with van der Waals surface area (Å²) in [7, 11) is -3.36. The molecule has 2 heterocycles. The molecule has 3 unspecified atom stereocenters. The highest BCUT2D eigenvalue weighted by molar-refractivity contribution is 9.10. The van der Waals surface area contributed by atoms with Crippen molar-refractivity contribution in [3.8, 4) is 0 Å². The lowest BCUT2D eigenvalue weighted by atomic mass is 9.78. The van der Waals surface area contributed by atoms with Gasteiger partial charge in [-0.2, -0.15) is 4.31 Å². The molecular weight excluding hydrogens is 384 g/mol. The van der Waals surface area contributed by atoms with Gasteiger partial charge in [0.15, 0.2) is 0 Å². The molecule has 0 radical (unpaired) electrons. The molecule has 3 atom stereocenters. The number of hydrogen-bond acceptors (Lipinski definition) is 4. The molecule has 8 heteroatoms. The molecule has 0 aromatic carbocycles. The lowest BCUT2D eigenvalue weighted by molar-refractivity contribution is 0.260. The first kappa shape index (κ1) is 16.7. The molecule has 1 aromatic heterocycles. The quantitative estimate of drug-likeness (QED) is 0.828. The Labute approximate surface area is 138 Å². The third kappa shape index (κ3) is 2.80. The minimum absolute atomic E-state index is 0. The first-order valence-electron chi connectivity index (χ1n) is 6.49. The average molecular weight is 402 g/mol. The van der Waals surface area contributed by atoms with Crippen LogP contribution in [0, 0.1) is 11.8 Å². The zero-order valence-electron chi connectivity index (χ0n) is 10.9. The van der Waals surface area contributed by atoms with E-state index in [9.17, 15) is 8.42 Å². The summed E-state index contributed by atoms with van der Waals surface area (Å²) in [4.78, 5) is 0. The van der Waals surface area contributed by atoms with Gasteiger partial charge in [0.25, 0.3) is 10.0 Å². The van der Waals surface area contributed by atoms with Gasteiger partial charge in [0.05, 0.1) is 0 Å². The lowest BCUT2D eigenvalue weighted by Gasteiger charge is -2.29. The highest BCUT2D eigenvalue weighted by Crippen LogP contribution is 2.39. The van der Waals surface area contributed by atoms with Crippen molar-refractivity contribution >= 4 is 49.7 Å². The summed E-state index contributed by atoms with van der Waals surface area (Å²) in [5, 5.41) is 1.80. The van der Waals surface area contributed by atoms with Gasteiger partial charge in [0.1, 0.15) is 4.21 Å². The van der Waals surface area contributed by atoms with Crippen LogP contribution in [0.15, 0.2) is 20.1 Å². The topological polar surface area (TPSA) is 63.4 Å². The zero-order valence-corrected chi connectivity index (χ0v) is 14.9. The van der Waals surface area contributed by atoms with E-state index in [0.717, 1.165) is 19.3 Å². The van der Waals surface area contributed by atoms with Crippen molar-refractivity contribution in [1.82, 2.24) is 4.31 Å². The maximum atomic E-state index is 12.6. The van der Waals surface area contributed by atoms with E-state index in [1.807, 2.05) is 0 Å². The van der Waals surface area contributed by atoms with Gasteiger partial charge in [0.2, 0.25) is 0 Å². The molecule has 2 aliphatic rings. The molecule has 1 aliphatic heterocycles. The number of nitrogens with two attached hydrogens (primary N) is 1. The molecule has 4 nitrogen and oxygen atoms in total. The van der Waals surface area contributed by atoms with Crippen LogP contribution in [0.3, 0.4) is 0 Å². The molecule has 20 heavy (non-hydrogen) atoms. The van der Waals surface area contributed by atoms with Crippen LogP contribution in [0.2, 0.25) is 0 Å². The Morgan fingerprint density at radius 1 is 1.35 bits per heavy atom. The second-order valence-corrected chi connectivity index (χ2v) is 9.30. The number of halogens is 2. The van der Waals surface area contributed by atoms with Gasteiger partial charge in [-0.05, 0) is 52.1 Å². The highest BCUT2D eigenvalue weighted by Gasteiger charge is 2.43. The summed E-state index contributed by atoms with van der Waals surface area (Å²) in [6.45, 7) is 1.21. The van der Waals surface area contributed by atoms with Crippen molar-refractivity contribution in [1.29, 1.82) is 0 Å². The van der Waals surface area contributed by atoms with Gasteiger partial charge in [-0.3, -0.25) is 0 Å². The average Bonchev–Trinajstić information content (AvgIpc) is 2.96. The Balaban J connectivity index is 0.00000147. The van der Waals surface area contributed by atoms with Gasteiger partial charge in [0, 0.05) is 23.6 Å². The van der Waals surface area contributed by atoms with E-state index in [-0.39, 0.29) is 18.4 Å². The second kappa shape index (κ2) is 6.22. The van der Waals surface area contributed by atoms with E-state index in [2.05, 4.69) is 15.9 Å². The molecule has 3 rings (SSSR count). The van der Waals surface area contributed by atoms with Crippen LogP contribution in [0.25, 0.3) is 0 Å². The van der Waals surface area contributed by atoms with E-state index >= 15 is 0 Å². The van der Waals surface area contributed by atoms with Gasteiger partial charge >= 0.3 is 0 Å². The summed E-state index contributed by atoms with van der Waals surface area (Å²) in [5.74, 6) is 0.777. The van der Waals surface area contributed by atoms with E-state index in [1.165, 1.54) is 11.3 Å². The van der Waals surface area contributed by atoms with Crippen LogP contribution < -0.4 is 5.73 Å². The molecule has 1 aliphatic carbocycles. The lowest BCUT2D eigenvalue weighted by Crippen LogP contribution is -2.38. The molecule has 2 N–H and O–H groups in total. The highest BCUT2D eigenvalue weighted by atomic mass is 79.9. The molecule has 1 saturated carbocycles.